The molecule has 1 saturated heterocycles. The minimum absolute atomic E-state index is 0.150. The number of nitrogens with two attached hydrogens (primary N) is 1. The number of hydrogen-bond donors (Lipinski definition) is 3. The molecule has 2 rings (SSSR count). The van der Waals surface area contributed by atoms with Gasteiger partial charge in [-0.15, -0.1) is 0 Å². The molecule has 0 saturated carbocycles. The summed E-state index contributed by atoms with van der Waals surface area (Å²) in [7, 11) is 0. The summed E-state index contributed by atoms with van der Waals surface area (Å²) in [5.41, 5.74) is 6.79. The number of anilines is 1. The summed E-state index contributed by atoms with van der Waals surface area (Å²) in [4.78, 5) is 16.6. The number of nitrogen functional groups attached to an aromatic ring is 1. The Balaban J connectivity index is 2.09. The fourth-order valence-corrected chi connectivity index (χ4v) is 2.06. The van der Waals surface area contributed by atoms with Gasteiger partial charge in [-0.2, -0.15) is 0 Å². The third-order valence-electron chi connectivity index (χ3n) is 3.07. The molecule has 1 aromatic heterocycles. The molecule has 1 aliphatic rings. The van der Waals surface area contributed by atoms with Crippen molar-refractivity contribution in [2.45, 2.75) is 19.8 Å². The largest absolute Gasteiger partial charge is 0.379 e. The van der Waals surface area contributed by atoms with Crippen LogP contribution in [-0.4, -0.2) is 42.2 Å². The van der Waals surface area contributed by atoms with E-state index >= 15 is 0 Å². The average Bonchev–Trinajstić information content (AvgIpc) is 2.48. The van der Waals surface area contributed by atoms with Crippen LogP contribution in [0.15, 0.2) is 12.1 Å². The van der Waals surface area contributed by atoms with Gasteiger partial charge < -0.3 is 10.2 Å². The van der Waals surface area contributed by atoms with E-state index in [1.54, 1.807) is 12.1 Å². The summed E-state index contributed by atoms with van der Waals surface area (Å²) in [6, 6.07) is 3.45. The first-order valence-electron chi connectivity index (χ1n) is 6.84. The lowest BCUT2D eigenvalue weighted by Crippen LogP contribution is -2.48. The third kappa shape index (κ3) is 3.89. The topological polar surface area (TPSA) is 92.5 Å². The third-order valence-corrected chi connectivity index (χ3v) is 3.07. The minimum Gasteiger partial charge on any atom is -0.379 e. The molecule has 2 heterocycles. The van der Waals surface area contributed by atoms with Crippen molar-refractivity contribution in [2.75, 3.05) is 31.7 Å². The van der Waals surface area contributed by atoms with Crippen LogP contribution >= 0.6 is 0 Å². The Bertz CT molecular complexity index is 460. The molecule has 0 aromatic carbocycles. The number of pyridine rings is 1. The zero-order valence-electron chi connectivity index (χ0n) is 11.7. The van der Waals surface area contributed by atoms with Crippen LogP contribution in [0.25, 0.3) is 0 Å². The van der Waals surface area contributed by atoms with E-state index in [2.05, 4.69) is 22.8 Å². The Morgan fingerprint density at radius 2 is 2.20 bits per heavy atom. The summed E-state index contributed by atoms with van der Waals surface area (Å²) in [5, 5.41) is 1.86. The van der Waals surface area contributed by atoms with E-state index in [4.69, 9.17) is 10.6 Å². The average molecular weight is 279 g/mol. The van der Waals surface area contributed by atoms with Gasteiger partial charge in [0, 0.05) is 24.3 Å². The van der Waals surface area contributed by atoms with Crippen LogP contribution in [0, 0.1) is 0 Å². The summed E-state index contributed by atoms with van der Waals surface area (Å²) in [5.74, 6) is 5.75. The Kier molecular flexibility index (Phi) is 5.28. The second-order valence-electron chi connectivity index (χ2n) is 4.67. The van der Waals surface area contributed by atoms with E-state index in [9.17, 15) is 4.79 Å². The van der Waals surface area contributed by atoms with Crippen LogP contribution < -0.4 is 16.7 Å². The molecule has 0 aliphatic carbocycles. The number of aryl methyl sites for hydroxylation is 1. The van der Waals surface area contributed by atoms with Gasteiger partial charge in [0.15, 0.2) is 0 Å². The van der Waals surface area contributed by atoms with Crippen molar-refractivity contribution in [3.05, 3.63) is 23.4 Å². The standard InChI is InChI=1S/C13H21N5O2/c1-2-3-11-8-10(9-12(15-11)16-14)13(19)17-18-4-6-20-7-5-18/h8-9H,2-7,14H2,1H3,(H,15,16)(H,17,19). The molecule has 1 aliphatic heterocycles. The highest BCUT2D eigenvalue weighted by Crippen LogP contribution is 2.11. The number of nitrogens with one attached hydrogen (secondary N) is 2. The van der Waals surface area contributed by atoms with Gasteiger partial charge >= 0.3 is 0 Å². The number of hydrazine groups is 2. The molecule has 7 heteroatoms. The lowest BCUT2D eigenvalue weighted by molar-refractivity contribution is 0.0126. The molecule has 0 spiro atoms. The number of nitrogens with zero attached hydrogens (tertiary/aromatic N) is 2. The van der Waals surface area contributed by atoms with Crippen molar-refractivity contribution in [1.29, 1.82) is 0 Å². The number of morpholine rings is 1. The van der Waals surface area contributed by atoms with Gasteiger partial charge in [-0.05, 0) is 18.6 Å². The maximum atomic E-state index is 12.2. The Morgan fingerprint density at radius 1 is 1.45 bits per heavy atom. The maximum Gasteiger partial charge on any atom is 0.265 e. The maximum absolute atomic E-state index is 12.2. The fraction of sp³-hybridized carbons (Fsp3) is 0.538. The highest BCUT2D eigenvalue weighted by molar-refractivity contribution is 5.94. The van der Waals surface area contributed by atoms with Gasteiger partial charge in [-0.3, -0.25) is 10.2 Å². The van der Waals surface area contributed by atoms with Gasteiger partial charge in [0.2, 0.25) is 0 Å². The quantitative estimate of drug-likeness (QED) is 0.530. The molecule has 20 heavy (non-hydrogen) atoms. The number of amides is 1. The lowest BCUT2D eigenvalue weighted by Gasteiger charge is -2.27. The predicted octanol–water partition coefficient (Wildman–Crippen LogP) is 0.297. The van der Waals surface area contributed by atoms with E-state index in [-0.39, 0.29) is 5.91 Å². The van der Waals surface area contributed by atoms with Crippen molar-refractivity contribution >= 4 is 11.7 Å². The molecule has 0 atom stereocenters. The van der Waals surface area contributed by atoms with Crippen LogP contribution in [0.4, 0.5) is 5.82 Å². The molecule has 0 radical (unpaired) electrons. The molecule has 110 valence electrons. The van der Waals surface area contributed by atoms with E-state index in [1.165, 1.54) is 0 Å². The zero-order chi connectivity index (χ0) is 14.4. The van der Waals surface area contributed by atoms with Crippen LogP contribution in [0.1, 0.15) is 29.4 Å². The second-order valence-corrected chi connectivity index (χ2v) is 4.67. The number of ether oxygens (including phenoxy) is 1. The Morgan fingerprint density at radius 3 is 2.85 bits per heavy atom. The molecule has 0 bridgehead atoms. The molecule has 1 fully saturated rings. The summed E-state index contributed by atoms with van der Waals surface area (Å²) in [6.45, 7) is 4.72. The van der Waals surface area contributed by atoms with Crippen LogP contribution in [0.5, 0.6) is 0 Å². The first-order valence-corrected chi connectivity index (χ1v) is 6.84. The number of aromatic nitrogens is 1. The molecular formula is C13H21N5O2. The van der Waals surface area contributed by atoms with Crippen molar-refractivity contribution in [3.63, 3.8) is 0 Å². The van der Waals surface area contributed by atoms with Crippen molar-refractivity contribution in [2.24, 2.45) is 5.84 Å². The van der Waals surface area contributed by atoms with Gasteiger partial charge in [0.1, 0.15) is 5.82 Å². The van der Waals surface area contributed by atoms with Gasteiger partial charge in [-0.25, -0.2) is 15.8 Å². The lowest BCUT2D eigenvalue weighted by atomic mass is 10.1. The van der Waals surface area contributed by atoms with Crippen LogP contribution in [0.2, 0.25) is 0 Å². The van der Waals surface area contributed by atoms with Crippen molar-refractivity contribution in [3.8, 4) is 0 Å². The molecular weight excluding hydrogens is 258 g/mol. The number of hydrogen-bond acceptors (Lipinski definition) is 6. The second kappa shape index (κ2) is 7.18. The normalized spacial score (nSPS) is 15.9. The number of carbonyl (C=O) groups is 1. The Hall–Kier alpha value is -1.70. The van der Waals surface area contributed by atoms with Crippen molar-refractivity contribution in [1.82, 2.24) is 15.4 Å². The summed E-state index contributed by atoms with van der Waals surface area (Å²) in [6.07, 6.45) is 1.78. The minimum atomic E-state index is -0.150. The van der Waals surface area contributed by atoms with Gasteiger partial charge in [0.05, 0.1) is 13.2 Å². The molecule has 1 amide bonds. The highest BCUT2D eigenvalue weighted by Gasteiger charge is 2.15. The summed E-state index contributed by atoms with van der Waals surface area (Å²) >= 11 is 0. The van der Waals surface area contributed by atoms with E-state index < -0.39 is 0 Å². The van der Waals surface area contributed by atoms with Gasteiger partial charge in [0.25, 0.3) is 5.91 Å². The zero-order valence-corrected chi connectivity index (χ0v) is 11.7. The first-order chi connectivity index (χ1) is 9.72. The molecule has 7 nitrogen and oxygen atoms in total. The number of rotatable bonds is 5. The van der Waals surface area contributed by atoms with E-state index in [1.807, 2.05) is 5.01 Å². The highest BCUT2D eigenvalue weighted by atomic mass is 16.5. The van der Waals surface area contributed by atoms with Gasteiger partial charge in [-0.1, -0.05) is 13.3 Å². The van der Waals surface area contributed by atoms with Crippen LogP contribution in [-0.2, 0) is 11.2 Å². The predicted molar refractivity (Wildman–Crippen MR) is 75.9 cm³/mol. The Labute approximate surface area is 118 Å². The van der Waals surface area contributed by atoms with E-state index in [0.717, 1.165) is 18.5 Å². The molecule has 4 N–H and O–H groups in total. The monoisotopic (exact) mass is 279 g/mol. The van der Waals surface area contributed by atoms with E-state index in [0.29, 0.717) is 37.7 Å². The fourth-order valence-electron chi connectivity index (χ4n) is 2.06. The smallest absolute Gasteiger partial charge is 0.265 e. The van der Waals surface area contributed by atoms with Crippen molar-refractivity contribution < 1.29 is 9.53 Å². The molecule has 1 aromatic rings. The first kappa shape index (κ1) is 14.7. The van der Waals surface area contributed by atoms with Crippen LogP contribution in [0.3, 0.4) is 0 Å². The summed E-state index contributed by atoms with van der Waals surface area (Å²) < 4.78 is 5.25. The number of carbonyl (C=O) groups excluding carboxylic acids is 1. The SMILES string of the molecule is CCCc1cc(C(=O)NN2CCOCC2)cc(NN)n1. The molecule has 0 unspecified atom stereocenters.